The SMILES string of the molecule is CC(C)(CNC(=O)CC1CCCCO1)C(N)=S. The lowest BCUT2D eigenvalue weighted by Crippen LogP contribution is -2.42. The van der Waals surface area contributed by atoms with E-state index in [1.807, 2.05) is 13.8 Å². The fourth-order valence-electron chi connectivity index (χ4n) is 1.65. The molecule has 1 rings (SSSR count). The molecule has 1 saturated heterocycles. The zero-order chi connectivity index (χ0) is 12.9. The number of thiocarbonyl (C=S) groups is 1. The van der Waals surface area contributed by atoms with Crippen molar-refractivity contribution in [1.82, 2.24) is 5.32 Å². The molecular weight excluding hydrogens is 236 g/mol. The van der Waals surface area contributed by atoms with Crippen LogP contribution in [0.15, 0.2) is 0 Å². The second kappa shape index (κ2) is 6.31. The van der Waals surface area contributed by atoms with E-state index in [1.54, 1.807) is 0 Å². The Labute approximate surface area is 108 Å². The Morgan fingerprint density at radius 2 is 2.24 bits per heavy atom. The van der Waals surface area contributed by atoms with Gasteiger partial charge in [-0.3, -0.25) is 4.79 Å². The summed E-state index contributed by atoms with van der Waals surface area (Å²) >= 11 is 4.95. The van der Waals surface area contributed by atoms with E-state index in [0.29, 0.717) is 18.0 Å². The van der Waals surface area contributed by atoms with Crippen LogP contribution in [0, 0.1) is 5.41 Å². The molecule has 0 radical (unpaired) electrons. The number of carbonyl (C=O) groups is 1. The van der Waals surface area contributed by atoms with Gasteiger partial charge in [-0.15, -0.1) is 0 Å². The number of nitrogens with two attached hydrogens (primary N) is 1. The van der Waals surface area contributed by atoms with Gasteiger partial charge in [0.2, 0.25) is 5.91 Å². The second-order valence-electron chi connectivity index (χ2n) is 5.22. The Hall–Kier alpha value is -0.680. The van der Waals surface area contributed by atoms with Crippen LogP contribution in [0.5, 0.6) is 0 Å². The first-order chi connectivity index (χ1) is 7.92. The highest BCUT2D eigenvalue weighted by atomic mass is 32.1. The number of ether oxygens (including phenoxy) is 1. The summed E-state index contributed by atoms with van der Waals surface area (Å²) in [5.41, 5.74) is 5.26. The fourth-order valence-corrected chi connectivity index (χ4v) is 1.73. The van der Waals surface area contributed by atoms with Gasteiger partial charge < -0.3 is 15.8 Å². The third-order valence-electron chi connectivity index (χ3n) is 3.08. The summed E-state index contributed by atoms with van der Waals surface area (Å²) in [7, 11) is 0. The lowest BCUT2D eigenvalue weighted by atomic mass is 9.93. The van der Waals surface area contributed by atoms with Gasteiger partial charge in [0, 0.05) is 18.6 Å². The number of rotatable bonds is 5. The average molecular weight is 258 g/mol. The van der Waals surface area contributed by atoms with Crippen LogP contribution in [-0.2, 0) is 9.53 Å². The molecule has 0 saturated carbocycles. The molecule has 98 valence electrons. The summed E-state index contributed by atoms with van der Waals surface area (Å²) < 4.78 is 5.52. The van der Waals surface area contributed by atoms with Crippen LogP contribution in [0.25, 0.3) is 0 Å². The van der Waals surface area contributed by atoms with Crippen molar-refractivity contribution in [3.63, 3.8) is 0 Å². The molecule has 0 aliphatic carbocycles. The highest BCUT2D eigenvalue weighted by Gasteiger charge is 2.23. The quantitative estimate of drug-likeness (QED) is 0.731. The molecule has 0 spiro atoms. The normalized spacial score (nSPS) is 20.9. The lowest BCUT2D eigenvalue weighted by Gasteiger charge is -2.25. The van der Waals surface area contributed by atoms with Gasteiger partial charge in [0.25, 0.3) is 0 Å². The van der Waals surface area contributed by atoms with Gasteiger partial charge in [0.15, 0.2) is 0 Å². The maximum Gasteiger partial charge on any atom is 0.222 e. The highest BCUT2D eigenvalue weighted by Crippen LogP contribution is 2.16. The van der Waals surface area contributed by atoms with E-state index >= 15 is 0 Å². The van der Waals surface area contributed by atoms with E-state index < -0.39 is 0 Å². The van der Waals surface area contributed by atoms with Gasteiger partial charge in [-0.05, 0) is 19.3 Å². The van der Waals surface area contributed by atoms with Gasteiger partial charge in [0.05, 0.1) is 17.5 Å². The molecule has 3 N–H and O–H groups in total. The molecule has 4 nitrogen and oxygen atoms in total. The molecule has 1 fully saturated rings. The molecule has 1 atom stereocenters. The van der Waals surface area contributed by atoms with Crippen molar-refractivity contribution >= 4 is 23.1 Å². The standard InChI is InChI=1S/C12H22N2O2S/c1-12(2,11(13)17)8-14-10(15)7-9-5-3-4-6-16-9/h9H,3-8H2,1-2H3,(H2,13,17)(H,14,15). The smallest absolute Gasteiger partial charge is 0.222 e. The Morgan fingerprint density at radius 1 is 1.53 bits per heavy atom. The third-order valence-corrected chi connectivity index (χ3v) is 3.63. The van der Waals surface area contributed by atoms with Gasteiger partial charge in [-0.1, -0.05) is 26.1 Å². The molecule has 1 aliphatic rings. The minimum Gasteiger partial charge on any atom is -0.393 e. The molecule has 5 heteroatoms. The molecule has 1 heterocycles. The molecule has 1 amide bonds. The van der Waals surface area contributed by atoms with Crippen molar-refractivity contribution in [2.75, 3.05) is 13.2 Å². The van der Waals surface area contributed by atoms with Crippen LogP contribution in [-0.4, -0.2) is 30.2 Å². The van der Waals surface area contributed by atoms with Crippen molar-refractivity contribution < 1.29 is 9.53 Å². The summed E-state index contributed by atoms with van der Waals surface area (Å²) in [6.45, 7) is 5.10. The van der Waals surface area contributed by atoms with Gasteiger partial charge in [0.1, 0.15) is 0 Å². The predicted octanol–water partition coefficient (Wildman–Crippen LogP) is 1.37. The van der Waals surface area contributed by atoms with Crippen LogP contribution in [0.1, 0.15) is 39.5 Å². The zero-order valence-corrected chi connectivity index (χ0v) is 11.4. The van der Waals surface area contributed by atoms with Crippen molar-refractivity contribution in [2.24, 2.45) is 11.1 Å². The van der Waals surface area contributed by atoms with Crippen molar-refractivity contribution in [3.05, 3.63) is 0 Å². The maximum atomic E-state index is 11.7. The molecular formula is C12H22N2O2S. The number of amides is 1. The van der Waals surface area contributed by atoms with E-state index in [4.69, 9.17) is 22.7 Å². The van der Waals surface area contributed by atoms with Crippen molar-refractivity contribution in [1.29, 1.82) is 0 Å². The highest BCUT2D eigenvalue weighted by molar-refractivity contribution is 7.80. The number of hydrogen-bond donors (Lipinski definition) is 2. The minimum atomic E-state index is -0.335. The monoisotopic (exact) mass is 258 g/mol. The van der Waals surface area contributed by atoms with Gasteiger partial charge in [-0.25, -0.2) is 0 Å². The molecule has 1 unspecified atom stereocenters. The van der Waals surface area contributed by atoms with Crippen LogP contribution in [0.3, 0.4) is 0 Å². The van der Waals surface area contributed by atoms with E-state index in [1.165, 1.54) is 0 Å². The van der Waals surface area contributed by atoms with E-state index in [9.17, 15) is 4.79 Å². The second-order valence-corrected chi connectivity index (χ2v) is 5.66. The maximum absolute atomic E-state index is 11.7. The first-order valence-corrected chi connectivity index (χ1v) is 6.51. The van der Waals surface area contributed by atoms with Gasteiger partial charge >= 0.3 is 0 Å². The number of hydrogen-bond acceptors (Lipinski definition) is 3. The van der Waals surface area contributed by atoms with Crippen LogP contribution < -0.4 is 11.1 Å². The Kier molecular flexibility index (Phi) is 5.33. The molecule has 0 bridgehead atoms. The molecule has 0 aromatic carbocycles. The third kappa shape index (κ3) is 5.00. The largest absolute Gasteiger partial charge is 0.393 e. The molecule has 1 aliphatic heterocycles. The van der Waals surface area contributed by atoms with E-state index in [0.717, 1.165) is 25.9 Å². The summed E-state index contributed by atoms with van der Waals surface area (Å²) in [6, 6.07) is 0. The first kappa shape index (κ1) is 14.4. The lowest BCUT2D eigenvalue weighted by molar-refractivity contribution is -0.125. The number of nitrogens with one attached hydrogen (secondary N) is 1. The Morgan fingerprint density at radius 3 is 2.76 bits per heavy atom. The van der Waals surface area contributed by atoms with Crippen LogP contribution in [0.4, 0.5) is 0 Å². The summed E-state index contributed by atoms with van der Waals surface area (Å²) in [4.78, 5) is 12.1. The van der Waals surface area contributed by atoms with E-state index in [2.05, 4.69) is 5.32 Å². The summed E-state index contributed by atoms with van der Waals surface area (Å²) in [5, 5.41) is 2.87. The fraction of sp³-hybridized carbons (Fsp3) is 0.833. The summed E-state index contributed by atoms with van der Waals surface area (Å²) in [5.74, 6) is 0.0150. The Bertz CT molecular complexity index is 286. The van der Waals surface area contributed by atoms with Crippen LogP contribution in [0.2, 0.25) is 0 Å². The van der Waals surface area contributed by atoms with Crippen molar-refractivity contribution in [3.8, 4) is 0 Å². The van der Waals surface area contributed by atoms with Crippen molar-refractivity contribution in [2.45, 2.75) is 45.6 Å². The molecule has 0 aromatic heterocycles. The minimum absolute atomic E-state index is 0.0150. The summed E-state index contributed by atoms with van der Waals surface area (Å²) in [6.07, 6.45) is 3.75. The first-order valence-electron chi connectivity index (χ1n) is 6.10. The molecule has 17 heavy (non-hydrogen) atoms. The zero-order valence-electron chi connectivity index (χ0n) is 10.6. The van der Waals surface area contributed by atoms with Crippen LogP contribution >= 0.6 is 12.2 Å². The number of carbonyl (C=O) groups excluding carboxylic acids is 1. The molecule has 0 aromatic rings. The predicted molar refractivity (Wildman–Crippen MR) is 71.8 cm³/mol. The van der Waals surface area contributed by atoms with Gasteiger partial charge in [-0.2, -0.15) is 0 Å². The topological polar surface area (TPSA) is 64.3 Å². The Balaban J connectivity index is 2.27. The van der Waals surface area contributed by atoms with E-state index in [-0.39, 0.29) is 17.4 Å². The average Bonchev–Trinajstić information content (AvgIpc) is 2.28.